The Labute approximate surface area is 173 Å². The van der Waals surface area contributed by atoms with Crippen LogP contribution in [0.5, 0.6) is 5.75 Å². The molecule has 2 rings (SSSR count). The molecule has 7 heteroatoms. The largest absolute Gasteiger partial charge is 0.494 e. The van der Waals surface area contributed by atoms with E-state index in [9.17, 15) is 13.2 Å². The Morgan fingerprint density at radius 1 is 1.14 bits per heavy atom. The van der Waals surface area contributed by atoms with Crippen molar-refractivity contribution in [1.29, 1.82) is 0 Å². The maximum Gasteiger partial charge on any atom is 0.241 e. The number of hydrogen-bond acceptors (Lipinski definition) is 4. The number of hydrogen-bond donors (Lipinski definition) is 1. The second-order valence-electron chi connectivity index (χ2n) is 7.26. The number of rotatable bonds is 9. The van der Waals surface area contributed by atoms with Gasteiger partial charge in [0.1, 0.15) is 12.3 Å². The first-order chi connectivity index (χ1) is 13.6. The monoisotopic (exact) mass is 418 g/mol. The normalized spacial score (nSPS) is 12.3. The lowest BCUT2D eigenvalue weighted by atomic mass is 10.00. The van der Waals surface area contributed by atoms with Gasteiger partial charge in [0.2, 0.25) is 15.9 Å². The van der Waals surface area contributed by atoms with E-state index in [0.29, 0.717) is 18.0 Å². The predicted molar refractivity (Wildman–Crippen MR) is 117 cm³/mol. The summed E-state index contributed by atoms with van der Waals surface area (Å²) in [6, 6.07) is 12.5. The minimum atomic E-state index is -3.63. The minimum absolute atomic E-state index is 0.228. The molecular formula is C22H30N2O4S. The highest BCUT2D eigenvalue weighted by atomic mass is 32.2. The highest BCUT2D eigenvalue weighted by Gasteiger charge is 2.22. The highest BCUT2D eigenvalue weighted by Crippen LogP contribution is 2.22. The molecule has 0 bridgehead atoms. The molecule has 29 heavy (non-hydrogen) atoms. The lowest BCUT2D eigenvalue weighted by molar-refractivity contribution is -0.120. The third kappa shape index (κ3) is 6.49. The number of carbonyl (C=O) groups is 1. The van der Waals surface area contributed by atoms with Gasteiger partial charge in [-0.15, -0.1) is 0 Å². The van der Waals surface area contributed by atoms with Crippen LogP contribution < -0.4 is 14.4 Å². The predicted octanol–water partition coefficient (Wildman–Crippen LogP) is 3.74. The summed E-state index contributed by atoms with van der Waals surface area (Å²) in [5, 5.41) is 2.91. The lowest BCUT2D eigenvalue weighted by Crippen LogP contribution is -2.41. The molecule has 0 aromatic heterocycles. The summed E-state index contributed by atoms with van der Waals surface area (Å²) in [5.41, 5.74) is 3.62. The van der Waals surface area contributed by atoms with Crippen LogP contribution in [0.25, 0.3) is 0 Å². The van der Waals surface area contributed by atoms with Gasteiger partial charge in [0.05, 0.1) is 24.6 Å². The summed E-state index contributed by atoms with van der Waals surface area (Å²) in [6.07, 6.45) is 1.98. The second-order valence-corrected chi connectivity index (χ2v) is 9.17. The van der Waals surface area contributed by atoms with Crippen molar-refractivity contribution in [3.05, 3.63) is 59.2 Å². The van der Waals surface area contributed by atoms with Gasteiger partial charge in [-0.05, 0) is 62.6 Å². The summed E-state index contributed by atoms with van der Waals surface area (Å²) in [7, 11) is -3.63. The fourth-order valence-electron chi connectivity index (χ4n) is 3.05. The third-order valence-electron chi connectivity index (χ3n) is 4.56. The molecule has 0 aliphatic rings. The Hall–Kier alpha value is -2.54. The molecule has 2 aromatic rings. The first kappa shape index (κ1) is 22.7. The summed E-state index contributed by atoms with van der Waals surface area (Å²) in [6.45, 7) is 8.19. The third-order valence-corrected chi connectivity index (χ3v) is 5.70. The number of anilines is 1. The van der Waals surface area contributed by atoms with E-state index >= 15 is 0 Å². The molecule has 2 aromatic carbocycles. The molecule has 1 N–H and O–H groups in total. The summed E-state index contributed by atoms with van der Waals surface area (Å²) in [4.78, 5) is 12.6. The number of carbonyl (C=O) groups excluding carboxylic acids is 1. The van der Waals surface area contributed by atoms with Crippen LogP contribution in [0.2, 0.25) is 0 Å². The molecule has 0 fully saturated rings. The van der Waals surface area contributed by atoms with E-state index in [-0.39, 0.29) is 18.5 Å². The molecular weight excluding hydrogens is 388 g/mol. The van der Waals surface area contributed by atoms with E-state index in [1.165, 1.54) is 0 Å². The second kappa shape index (κ2) is 9.78. The van der Waals surface area contributed by atoms with Gasteiger partial charge in [-0.2, -0.15) is 0 Å². The van der Waals surface area contributed by atoms with Crippen molar-refractivity contribution < 1.29 is 17.9 Å². The van der Waals surface area contributed by atoms with Crippen molar-refractivity contribution in [1.82, 2.24) is 5.32 Å². The first-order valence-electron chi connectivity index (χ1n) is 9.69. The van der Waals surface area contributed by atoms with Crippen LogP contribution in [0.1, 0.15) is 43.0 Å². The Morgan fingerprint density at radius 2 is 1.79 bits per heavy atom. The Bertz CT molecular complexity index is 940. The Kier molecular flexibility index (Phi) is 7.67. The first-order valence-corrected chi connectivity index (χ1v) is 11.5. The van der Waals surface area contributed by atoms with E-state index in [1.54, 1.807) is 24.3 Å². The van der Waals surface area contributed by atoms with Gasteiger partial charge in [0.15, 0.2) is 0 Å². The number of amides is 1. The maximum absolute atomic E-state index is 12.6. The SMILES string of the molecule is CCCOc1ccc(N(CC(=O)N[C@H](C)c2cc(C)ccc2C)S(C)(=O)=O)cc1. The van der Waals surface area contributed by atoms with Crippen molar-refractivity contribution in [3.8, 4) is 5.75 Å². The lowest BCUT2D eigenvalue weighted by Gasteiger charge is -2.24. The van der Waals surface area contributed by atoms with Crippen LogP contribution in [0, 0.1) is 13.8 Å². The van der Waals surface area contributed by atoms with Crippen LogP contribution in [0.4, 0.5) is 5.69 Å². The fraction of sp³-hybridized carbons (Fsp3) is 0.409. The van der Waals surface area contributed by atoms with E-state index in [4.69, 9.17) is 4.74 Å². The topological polar surface area (TPSA) is 75.7 Å². The molecule has 0 unspecified atom stereocenters. The van der Waals surface area contributed by atoms with E-state index in [2.05, 4.69) is 5.32 Å². The van der Waals surface area contributed by atoms with Gasteiger partial charge in [0.25, 0.3) is 0 Å². The summed E-state index contributed by atoms with van der Waals surface area (Å²) < 4.78 is 31.2. The standard InChI is InChI=1S/C22H30N2O4S/c1-6-13-28-20-11-9-19(10-12-20)24(29(5,26)27)15-22(25)23-18(4)21-14-16(2)7-8-17(21)3/h7-12,14,18H,6,13,15H2,1-5H3,(H,23,25)/t18-/m1/s1. The van der Waals surface area contributed by atoms with Crippen molar-refractivity contribution in [2.75, 3.05) is 23.7 Å². The number of sulfonamides is 1. The molecule has 1 amide bonds. The molecule has 6 nitrogen and oxygen atoms in total. The van der Waals surface area contributed by atoms with Crippen molar-refractivity contribution >= 4 is 21.6 Å². The molecule has 1 atom stereocenters. The zero-order valence-corrected chi connectivity index (χ0v) is 18.5. The molecule has 158 valence electrons. The van der Waals surface area contributed by atoms with Gasteiger partial charge >= 0.3 is 0 Å². The Balaban J connectivity index is 2.14. The van der Waals surface area contributed by atoms with Gasteiger partial charge in [-0.1, -0.05) is 30.7 Å². The molecule has 0 heterocycles. The van der Waals surface area contributed by atoms with Gasteiger partial charge < -0.3 is 10.1 Å². The number of aryl methyl sites for hydroxylation is 2. The maximum atomic E-state index is 12.6. The molecule has 0 aliphatic heterocycles. The van der Waals surface area contributed by atoms with Gasteiger partial charge in [-0.25, -0.2) is 8.42 Å². The summed E-state index contributed by atoms with van der Waals surface area (Å²) in [5.74, 6) is 0.298. The van der Waals surface area contributed by atoms with Gasteiger partial charge in [0, 0.05) is 0 Å². The zero-order chi connectivity index (χ0) is 21.6. The molecule has 0 aliphatic carbocycles. The number of nitrogens with one attached hydrogen (secondary N) is 1. The quantitative estimate of drug-likeness (QED) is 0.673. The van der Waals surface area contributed by atoms with Crippen LogP contribution in [-0.2, 0) is 14.8 Å². The number of nitrogens with zero attached hydrogens (tertiary/aromatic N) is 1. The van der Waals surface area contributed by atoms with Crippen molar-refractivity contribution in [2.45, 2.75) is 40.2 Å². The van der Waals surface area contributed by atoms with Crippen LogP contribution >= 0.6 is 0 Å². The molecule has 0 radical (unpaired) electrons. The van der Waals surface area contributed by atoms with Crippen LogP contribution in [0.3, 0.4) is 0 Å². The van der Waals surface area contributed by atoms with Crippen molar-refractivity contribution in [3.63, 3.8) is 0 Å². The average Bonchev–Trinajstić information content (AvgIpc) is 2.66. The number of ether oxygens (including phenoxy) is 1. The molecule has 0 saturated carbocycles. The smallest absolute Gasteiger partial charge is 0.241 e. The highest BCUT2D eigenvalue weighted by molar-refractivity contribution is 7.92. The van der Waals surface area contributed by atoms with E-state index in [1.807, 2.05) is 45.9 Å². The number of benzene rings is 2. The minimum Gasteiger partial charge on any atom is -0.494 e. The zero-order valence-electron chi connectivity index (χ0n) is 17.7. The van der Waals surface area contributed by atoms with Gasteiger partial charge in [-0.3, -0.25) is 9.10 Å². The van der Waals surface area contributed by atoms with E-state index in [0.717, 1.165) is 33.7 Å². The molecule has 0 saturated heterocycles. The molecule has 0 spiro atoms. The van der Waals surface area contributed by atoms with Crippen LogP contribution in [0.15, 0.2) is 42.5 Å². The average molecular weight is 419 g/mol. The van der Waals surface area contributed by atoms with Crippen molar-refractivity contribution in [2.24, 2.45) is 0 Å². The van der Waals surface area contributed by atoms with Crippen LogP contribution in [-0.4, -0.2) is 33.7 Å². The summed E-state index contributed by atoms with van der Waals surface area (Å²) >= 11 is 0. The fourth-order valence-corrected chi connectivity index (χ4v) is 3.91. The van der Waals surface area contributed by atoms with E-state index < -0.39 is 10.0 Å². The Morgan fingerprint density at radius 3 is 2.38 bits per heavy atom.